The quantitative estimate of drug-likeness (QED) is 0.517. The van der Waals surface area contributed by atoms with Crippen molar-refractivity contribution in [2.24, 2.45) is 0 Å². The summed E-state index contributed by atoms with van der Waals surface area (Å²) in [6, 6.07) is 6.94. The number of alkyl halides is 3. The normalized spacial score (nSPS) is 12.2. The predicted molar refractivity (Wildman–Crippen MR) is 93.0 cm³/mol. The molecule has 0 amide bonds. The molecule has 0 aromatic heterocycles. The second kappa shape index (κ2) is 7.51. The van der Waals surface area contributed by atoms with Crippen LogP contribution in [0.2, 0.25) is 10.0 Å². The molecule has 0 saturated heterocycles. The van der Waals surface area contributed by atoms with Crippen LogP contribution in [-0.2, 0) is 0 Å². The number of benzene rings is 2. The van der Waals surface area contributed by atoms with Crippen LogP contribution in [0.1, 0.15) is 31.8 Å². The molecule has 0 aliphatic rings. The molecule has 2 aromatic carbocycles. The van der Waals surface area contributed by atoms with Gasteiger partial charge < -0.3 is 5.11 Å². The lowest BCUT2D eigenvalue weighted by Gasteiger charge is -2.13. The first-order valence-electron chi connectivity index (χ1n) is 7.12. The van der Waals surface area contributed by atoms with E-state index in [0.717, 1.165) is 18.2 Å². The standard InChI is InChI=1S/C18H11Cl2F3O3/c1-9-4-10(2-3-14(9)17(25)26)16(24)8-15(18(21,22)23)11-5-12(19)7-13(20)6-11/h2-8H,1H3,(H,25,26)/b15-8-. The lowest BCUT2D eigenvalue weighted by atomic mass is 9.99. The number of carbonyl (C=O) groups is 2. The summed E-state index contributed by atoms with van der Waals surface area (Å²) in [5.74, 6) is -2.12. The molecule has 3 nitrogen and oxygen atoms in total. The summed E-state index contributed by atoms with van der Waals surface area (Å²) >= 11 is 11.5. The van der Waals surface area contributed by atoms with Gasteiger partial charge in [0.1, 0.15) is 0 Å². The van der Waals surface area contributed by atoms with Gasteiger partial charge in [-0.25, -0.2) is 4.79 Å². The molecule has 8 heteroatoms. The lowest BCUT2D eigenvalue weighted by molar-refractivity contribution is -0.0689. The number of hydrogen-bond acceptors (Lipinski definition) is 2. The van der Waals surface area contributed by atoms with Crippen molar-refractivity contribution in [3.8, 4) is 0 Å². The van der Waals surface area contributed by atoms with E-state index in [1.807, 2.05) is 0 Å². The number of ketones is 1. The number of halogens is 5. The Hall–Kier alpha value is -2.31. The van der Waals surface area contributed by atoms with Gasteiger partial charge in [-0.15, -0.1) is 0 Å². The summed E-state index contributed by atoms with van der Waals surface area (Å²) in [5, 5.41) is 8.97. The molecule has 2 aromatic rings. The largest absolute Gasteiger partial charge is 0.478 e. The van der Waals surface area contributed by atoms with Gasteiger partial charge in [-0.3, -0.25) is 4.79 Å². The van der Waals surface area contributed by atoms with Gasteiger partial charge in [0.05, 0.1) is 11.1 Å². The molecule has 0 aliphatic heterocycles. The van der Waals surface area contributed by atoms with Crippen molar-refractivity contribution in [2.75, 3.05) is 0 Å². The predicted octanol–water partition coefficient (Wildman–Crippen LogP) is 5.83. The van der Waals surface area contributed by atoms with E-state index < -0.39 is 23.5 Å². The van der Waals surface area contributed by atoms with Crippen LogP contribution < -0.4 is 0 Å². The minimum absolute atomic E-state index is 0.00301. The Kier molecular flexibility index (Phi) is 5.78. The van der Waals surface area contributed by atoms with Crippen molar-refractivity contribution in [3.63, 3.8) is 0 Å². The van der Waals surface area contributed by atoms with Crippen molar-refractivity contribution in [1.29, 1.82) is 0 Å². The second-order valence-electron chi connectivity index (χ2n) is 5.41. The number of aryl methyl sites for hydroxylation is 1. The maximum atomic E-state index is 13.4. The third-order valence-electron chi connectivity index (χ3n) is 3.50. The third-order valence-corrected chi connectivity index (χ3v) is 3.93. The molecule has 0 spiro atoms. The summed E-state index contributed by atoms with van der Waals surface area (Å²) in [6.07, 6.45) is -4.38. The summed E-state index contributed by atoms with van der Waals surface area (Å²) in [5.41, 5.74) is -1.39. The third kappa shape index (κ3) is 4.65. The fourth-order valence-electron chi connectivity index (χ4n) is 2.31. The van der Waals surface area contributed by atoms with Gasteiger partial charge in [0, 0.05) is 15.6 Å². The van der Waals surface area contributed by atoms with Crippen LogP contribution >= 0.6 is 23.2 Å². The molecule has 0 atom stereocenters. The average molecular weight is 403 g/mol. The highest BCUT2D eigenvalue weighted by molar-refractivity contribution is 6.35. The van der Waals surface area contributed by atoms with Crippen molar-refractivity contribution >= 4 is 40.5 Å². The Morgan fingerprint density at radius 2 is 1.58 bits per heavy atom. The zero-order valence-corrected chi connectivity index (χ0v) is 14.7. The summed E-state index contributed by atoms with van der Waals surface area (Å²) in [6.45, 7) is 1.45. The highest BCUT2D eigenvalue weighted by Crippen LogP contribution is 2.36. The SMILES string of the molecule is Cc1cc(C(=O)/C=C(/c2cc(Cl)cc(Cl)c2)C(F)(F)F)ccc1C(=O)O. The number of aromatic carboxylic acids is 1. The van der Waals surface area contributed by atoms with E-state index in [1.165, 1.54) is 25.1 Å². The number of rotatable bonds is 4. The van der Waals surface area contributed by atoms with Crippen LogP contribution in [0.4, 0.5) is 13.2 Å². The van der Waals surface area contributed by atoms with E-state index in [9.17, 15) is 22.8 Å². The smallest absolute Gasteiger partial charge is 0.417 e. The molecule has 0 fully saturated rings. The summed E-state index contributed by atoms with van der Waals surface area (Å²) in [4.78, 5) is 23.3. The van der Waals surface area contributed by atoms with E-state index in [1.54, 1.807) is 0 Å². The number of carbonyl (C=O) groups excluding carboxylic acids is 1. The van der Waals surface area contributed by atoms with Gasteiger partial charge in [-0.2, -0.15) is 13.2 Å². The molecule has 0 bridgehead atoms. The molecule has 0 aliphatic carbocycles. The van der Waals surface area contributed by atoms with Gasteiger partial charge in [0.15, 0.2) is 5.78 Å². The number of carboxylic acid groups (broad SMARTS) is 1. The van der Waals surface area contributed by atoms with Crippen molar-refractivity contribution in [2.45, 2.75) is 13.1 Å². The van der Waals surface area contributed by atoms with Crippen LogP contribution in [0.15, 0.2) is 42.5 Å². The topological polar surface area (TPSA) is 54.4 Å². The van der Waals surface area contributed by atoms with E-state index in [2.05, 4.69) is 0 Å². The number of allylic oxidation sites excluding steroid dienone is 2. The van der Waals surface area contributed by atoms with E-state index >= 15 is 0 Å². The van der Waals surface area contributed by atoms with Crippen LogP contribution in [0, 0.1) is 6.92 Å². The zero-order chi connectivity index (χ0) is 19.6. The monoisotopic (exact) mass is 402 g/mol. The first-order valence-corrected chi connectivity index (χ1v) is 7.88. The lowest BCUT2D eigenvalue weighted by Crippen LogP contribution is -2.13. The molecule has 136 valence electrons. The van der Waals surface area contributed by atoms with E-state index in [4.69, 9.17) is 28.3 Å². The highest BCUT2D eigenvalue weighted by Gasteiger charge is 2.35. The summed E-state index contributed by atoms with van der Waals surface area (Å²) in [7, 11) is 0. The molecule has 0 radical (unpaired) electrons. The van der Waals surface area contributed by atoms with Crippen LogP contribution in [0.25, 0.3) is 5.57 Å². The van der Waals surface area contributed by atoms with E-state index in [0.29, 0.717) is 6.08 Å². The Labute approximate surface area is 156 Å². The van der Waals surface area contributed by atoms with Gasteiger partial charge in [0.25, 0.3) is 0 Å². The Morgan fingerprint density at radius 1 is 1.00 bits per heavy atom. The maximum Gasteiger partial charge on any atom is 0.417 e. The second-order valence-corrected chi connectivity index (χ2v) is 6.29. The van der Waals surface area contributed by atoms with Crippen molar-refractivity contribution in [1.82, 2.24) is 0 Å². The fourth-order valence-corrected chi connectivity index (χ4v) is 2.84. The highest BCUT2D eigenvalue weighted by atomic mass is 35.5. The summed E-state index contributed by atoms with van der Waals surface area (Å²) < 4.78 is 40.2. The zero-order valence-electron chi connectivity index (χ0n) is 13.2. The van der Waals surface area contributed by atoms with Crippen molar-refractivity contribution < 1.29 is 27.9 Å². The minimum Gasteiger partial charge on any atom is -0.478 e. The first-order chi connectivity index (χ1) is 12.0. The molecule has 0 unspecified atom stereocenters. The minimum atomic E-state index is -4.82. The van der Waals surface area contributed by atoms with Crippen LogP contribution in [0.5, 0.6) is 0 Å². The average Bonchev–Trinajstić information content (AvgIpc) is 2.49. The molecule has 0 saturated carbocycles. The van der Waals surface area contributed by atoms with Gasteiger partial charge in [-0.05, 0) is 54.5 Å². The fraction of sp³-hybridized carbons (Fsp3) is 0.111. The maximum absolute atomic E-state index is 13.4. The van der Waals surface area contributed by atoms with Gasteiger partial charge >= 0.3 is 12.1 Å². The molecule has 0 heterocycles. The van der Waals surface area contributed by atoms with Gasteiger partial charge in [0.2, 0.25) is 0 Å². The number of hydrogen-bond donors (Lipinski definition) is 1. The molecule has 2 rings (SSSR count). The molecular formula is C18H11Cl2F3O3. The molecular weight excluding hydrogens is 392 g/mol. The van der Waals surface area contributed by atoms with Crippen LogP contribution in [0.3, 0.4) is 0 Å². The molecule has 1 N–H and O–H groups in total. The van der Waals surface area contributed by atoms with Crippen LogP contribution in [-0.4, -0.2) is 23.0 Å². The Bertz CT molecular complexity index is 898. The van der Waals surface area contributed by atoms with Crippen molar-refractivity contribution in [3.05, 3.63) is 74.8 Å². The number of carboxylic acids is 1. The Morgan fingerprint density at radius 3 is 2.04 bits per heavy atom. The first kappa shape index (κ1) is 20.0. The molecule has 26 heavy (non-hydrogen) atoms. The Balaban J connectivity index is 2.52. The van der Waals surface area contributed by atoms with E-state index in [-0.39, 0.29) is 32.3 Å². The van der Waals surface area contributed by atoms with Gasteiger partial charge in [-0.1, -0.05) is 29.3 Å².